The summed E-state index contributed by atoms with van der Waals surface area (Å²) < 4.78 is 7.62. The van der Waals surface area contributed by atoms with Gasteiger partial charge in [-0.3, -0.25) is 4.68 Å². The highest BCUT2D eigenvalue weighted by molar-refractivity contribution is 5.65. The second kappa shape index (κ2) is 6.02. The molecule has 2 rings (SSSR count). The number of rotatable bonds is 5. The predicted molar refractivity (Wildman–Crippen MR) is 78.1 cm³/mol. The second-order valence-electron chi connectivity index (χ2n) is 4.68. The van der Waals surface area contributed by atoms with Crippen molar-refractivity contribution in [3.8, 4) is 11.1 Å². The third-order valence-electron chi connectivity index (χ3n) is 3.51. The molecule has 1 unspecified atom stereocenters. The van der Waals surface area contributed by atoms with Crippen LogP contribution in [0.5, 0.6) is 0 Å². The Balaban J connectivity index is 2.24. The zero-order valence-electron chi connectivity index (χ0n) is 12.2. The van der Waals surface area contributed by atoms with E-state index in [0.717, 1.165) is 13.2 Å². The van der Waals surface area contributed by atoms with Crippen LogP contribution < -0.4 is 0 Å². The van der Waals surface area contributed by atoms with Crippen molar-refractivity contribution in [1.29, 1.82) is 0 Å². The molecule has 0 saturated carbocycles. The SMILES string of the molecule is CCOC(C)c1ccc(-c2cnn(CC)c2C)cc1. The largest absolute Gasteiger partial charge is 0.374 e. The van der Waals surface area contributed by atoms with Gasteiger partial charge in [0.1, 0.15) is 0 Å². The molecule has 0 bridgehead atoms. The Bertz CT molecular complexity index is 528. The molecule has 3 nitrogen and oxygen atoms in total. The molecule has 2 aromatic rings. The maximum atomic E-state index is 5.60. The average Bonchev–Trinajstić information content (AvgIpc) is 2.80. The maximum Gasteiger partial charge on any atom is 0.0796 e. The van der Waals surface area contributed by atoms with Crippen LogP contribution in [0.1, 0.15) is 38.1 Å². The Hall–Kier alpha value is -1.61. The van der Waals surface area contributed by atoms with Gasteiger partial charge in [-0.2, -0.15) is 5.10 Å². The number of ether oxygens (including phenoxy) is 1. The Morgan fingerprint density at radius 2 is 1.89 bits per heavy atom. The van der Waals surface area contributed by atoms with Crippen molar-refractivity contribution >= 4 is 0 Å². The maximum absolute atomic E-state index is 5.60. The highest BCUT2D eigenvalue weighted by atomic mass is 16.5. The smallest absolute Gasteiger partial charge is 0.0796 e. The van der Waals surface area contributed by atoms with Crippen molar-refractivity contribution in [3.05, 3.63) is 41.7 Å². The van der Waals surface area contributed by atoms with Gasteiger partial charge in [0, 0.05) is 24.4 Å². The lowest BCUT2D eigenvalue weighted by molar-refractivity contribution is 0.0764. The molecule has 1 heterocycles. The van der Waals surface area contributed by atoms with Crippen LogP contribution in [0.3, 0.4) is 0 Å². The Labute approximate surface area is 115 Å². The fourth-order valence-corrected chi connectivity index (χ4v) is 2.33. The van der Waals surface area contributed by atoms with Crippen LogP contribution in [0.2, 0.25) is 0 Å². The molecule has 0 aliphatic rings. The second-order valence-corrected chi connectivity index (χ2v) is 4.68. The molecule has 3 heteroatoms. The van der Waals surface area contributed by atoms with E-state index in [1.165, 1.54) is 22.4 Å². The summed E-state index contributed by atoms with van der Waals surface area (Å²) in [5.41, 5.74) is 4.85. The summed E-state index contributed by atoms with van der Waals surface area (Å²) in [7, 11) is 0. The molecule has 1 atom stereocenters. The van der Waals surface area contributed by atoms with Gasteiger partial charge in [0.25, 0.3) is 0 Å². The van der Waals surface area contributed by atoms with Gasteiger partial charge in [-0.05, 0) is 38.8 Å². The minimum atomic E-state index is 0.151. The molecule has 0 amide bonds. The van der Waals surface area contributed by atoms with E-state index in [4.69, 9.17) is 4.74 Å². The van der Waals surface area contributed by atoms with Gasteiger partial charge in [0.2, 0.25) is 0 Å². The first kappa shape index (κ1) is 13.8. The van der Waals surface area contributed by atoms with Crippen molar-refractivity contribution in [2.75, 3.05) is 6.61 Å². The molecule has 102 valence electrons. The Morgan fingerprint density at radius 3 is 2.42 bits per heavy atom. The lowest BCUT2D eigenvalue weighted by Gasteiger charge is -2.12. The molecule has 0 spiro atoms. The van der Waals surface area contributed by atoms with Gasteiger partial charge in [0.05, 0.1) is 12.3 Å². The standard InChI is InChI=1S/C16H22N2O/c1-5-18-12(3)16(11-17-18)15-9-7-14(8-10-15)13(4)19-6-2/h7-11,13H,5-6H2,1-4H3. The number of hydrogen-bond donors (Lipinski definition) is 0. The van der Waals surface area contributed by atoms with Crippen LogP contribution in [-0.2, 0) is 11.3 Å². The average molecular weight is 258 g/mol. The Morgan fingerprint density at radius 1 is 1.21 bits per heavy atom. The van der Waals surface area contributed by atoms with E-state index < -0.39 is 0 Å². The zero-order valence-corrected chi connectivity index (χ0v) is 12.2. The quantitative estimate of drug-likeness (QED) is 0.811. The van der Waals surface area contributed by atoms with E-state index in [-0.39, 0.29) is 6.10 Å². The van der Waals surface area contributed by atoms with Gasteiger partial charge >= 0.3 is 0 Å². The summed E-state index contributed by atoms with van der Waals surface area (Å²) in [5.74, 6) is 0. The van der Waals surface area contributed by atoms with Crippen LogP contribution >= 0.6 is 0 Å². The van der Waals surface area contributed by atoms with Crippen molar-refractivity contribution in [2.24, 2.45) is 0 Å². The number of benzene rings is 1. The number of hydrogen-bond acceptors (Lipinski definition) is 2. The van der Waals surface area contributed by atoms with E-state index in [9.17, 15) is 0 Å². The summed E-state index contributed by atoms with van der Waals surface area (Å²) in [5, 5.41) is 4.39. The number of nitrogens with zero attached hydrogens (tertiary/aromatic N) is 2. The van der Waals surface area contributed by atoms with Crippen molar-refractivity contribution < 1.29 is 4.74 Å². The summed E-state index contributed by atoms with van der Waals surface area (Å²) in [6, 6.07) is 8.57. The van der Waals surface area contributed by atoms with Gasteiger partial charge < -0.3 is 4.74 Å². The lowest BCUT2D eigenvalue weighted by Crippen LogP contribution is -1.99. The lowest BCUT2D eigenvalue weighted by atomic mass is 10.0. The van der Waals surface area contributed by atoms with Crippen LogP contribution in [0.15, 0.2) is 30.5 Å². The summed E-state index contributed by atoms with van der Waals surface area (Å²) in [6.45, 7) is 9.97. The van der Waals surface area contributed by atoms with E-state index in [0.29, 0.717) is 0 Å². The number of aromatic nitrogens is 2. The summed E-state index contributed by atoms with van der Waals surface area (Å²) in [6.07, 6.45) is 2.10. The molecular formula is C16H22N2O. The molecule has 0 aliphatic carbocycles. The summed E-state index contributed by atoms with van der Waals surface area (Å²) in [4.78, 5) is 0. The third-order valence-corrected chi connectivity index (χ3v) is 3.51. The number of aryl methyl sites for hydroxylation is 1. The fourth-order valence-electron chi connectivity index (χ4n) is 2.33. The molecule has 1 aromatic heterocycles. The van der Waals surface area contributed by atoms with E-state index in [2.05, 4.69) is 50.1 Å². The molecule has 0 radical (unpaired) electrons. The van der Waals surface area contributed by atoms with Gasteiger partial charge in [-0.15, -0.1) is 0 Å². The molecule has 0 N–H and O–H groups in total. The molecule has 0 fully saturated rings. The van der Waals surface area contributed by atoms with Crippen LogP contribution in [0, 0.1) is 6.92 Å². The minimum Gasteiger partial charge on any atom is -0.374 e. The molecular weight excluding hydrogens is 236 g/mol. The fraction of sp³-hybridized carbons (Fsp3) is 0.438. The first-order valence-corrected chi connectivity index (χ1v) is 6.91. The van der Waals surface area contributed by atoms with Crippen molar-refractivity contribution in [2.45, 2.75) is 40.3 Å². The van der Waals surface area contributed by atoms with Crippen molar-refractivity contribution in [3.63, 3.8) is 0 Å². The topological polar surface area (TPSA) is 27.1 Å². The third kappa shape index (κ3) is 2.87. The van der Waals surface area contributed by atoms with Gasteiger partial charge in [0.15, 0.2) is 0 Å². The summed E-state index contributed by atoms with van der Waals surface area (Å²) >= 11 is 0. The minimum absolute atomic E-state index is 0.151. The highest BCUT2D eigenvalue weighted by Crippen LogP contribution is 2.25. The van der Waals surface area contributed by atoms with E-state index in [1.807, 2.05) is 17.8 Å². The Kier molecular flexibility index (Phi) is 4.38. The molecule has 19 heavy (non-hydrogen) atoms. The normalized spacial score (nSPS) is 12.6. The van der Waals surface area contributed by atoms with Crippen LogP contribution in [0.25, 0.3) is 11.1 Å². The van der Waals surface area contributed by atoms with Crippen molar-refractivity contribution in [1.82, 2.24) is 9.78 Å². The molecule has 0 aliphatic heterocycles. The molecule has 1 aromatic carbocycles. The highest BCUT2D eigenvalue weighted by Gasteiger charge is 2.09. The monoisotopic (exact) mass is 258 g/mol. The first-order chi connectivity index (χ1) is 9.17. The van der Waals surface area contributed by atoms with Crippen LogP contribution in [-0.4, -0.2) is 16.4 Å². The van der Waals surface area contributed by atoms with Gasteiger partial charge in [-0.25, -0.2) is 0 Å². The predicted octanol–water partition coefficient (Wildman–Crippen LogP) is 3.98. The van der Waals surface area contributed by atoms with Gasteiger partial charge in [-0.1, -0.05) is 24.3 Å². The van der Waals surface area contributed by atoms with Crippen LogP contribution in [0.4, 0.5) is 0 Å². The zero-order chi connectivity index (χ0) is 13.8. The molecule has 0 saturated heterocycles. The van der Waals surface area contributed by atoms with E-state index in [1.54, 1.807) is 0 Å². The van der Waals surface area contributed by atoms with E-state index >= 15 is 0 Å². The first-order valence-electron chi connectivity index (χ1n) is 6.91.